The number of sulfonamides is 1. The van der Waals surface area contributed by atoms with Crippen LogP contribution in [0.2, 0.25) is 0 Å². The summed E-state index contributed by atoms with van der Waals surface area (Å²) >= 11 is 0.824. The normalized spacial score (nSPS) is 11.2. The number of aliphatic carboxylic acids is 1. The first-order chi connectivity index (χ1) is 8.25. The second-order valence-corrected chi connectivity index (χ2v) is 6.11. The van der Waals surface area contributed by atoms with Gasteiger partial charge in [-0.25, -0.2) is 13.6 Å². The number of amides is 1. The van der Waals surface area contributed by atoms with E-state index in [-0.39, 0.29) is 16.3 Å². The number of carboxylic acid groups (broad SMARTS) is 1. The first kappa shape index (κ1) is 14.6. The predicted octanol–water partition coefficient (Wildman–Crippen LogP) is -0.0578. The number of nitrogens with zero attached hydrogens (tertiary/aromatic N) is 1. The Labute approximate surface area is 108 Å². The zero-order chi connectivity index (χ0) is 13.9. The van der Waals surface area contributed by atoms with Gasteiger partial charge in [0, 0.05) is 11.9 Å². The summed E-state index contributed by atoms with van der Waals surface area (Å²) in [6.45, 7) is 1.41. The van der Waals surface area contributed by atoms with Gasteiger partial charge in [-0.1, -0.05) is 0 Å². The van der Waals surface area contributed by atoms with E-state index in [0.717, 1.165) is 22.3 Å². The fraction of sp³-hybridized carbons (Fsp3) is 0.333. The molecule has 0 bridgehead atoms. The van der Waals surface area contributed by atoms with Crippen LogP contribution in [0.25, 0.3) is 0 Å². The van der Waals surface area contributed by atoms with Crippen molar-refractivity contribution in [1.29, 1.82) is 0 Å². The van der Waals surface area contributed by atoms with E-state index >= 15 is 0 Å². The van der Waals surface area contributed by atoms with E-state index in [0.29, 0.717) is 0 Å². The minimum absolute atomic E-state index is 0.118. The molecule has 9 heteroatoms. The second-order valence-electron chi connectivity index (χ2n) is 3.41. The highest BCUT2D eigenvalue weighted by Gasteiger charge is 2.20. The largest absolute Gasteiger partial charge is 0.480 e. The van der Waals surface area contributed by atoms with Crippen LogP contribution in [-0.2, 0) is 14.8 Å². The Balaban J connectivity index is 2.96. The van der Waals surface area contributed by atoms with Crippen LogP contribution in [0.5, 0.6) is 0 Å². The number of hydrogen-bond acceptors (Lipinski definition) is 5. The molecule has 1 heterocycles. The molecule has 0 spiro atoms. The average Bonchev–Trinajstić information content (AvgIpc) is 2.73. The Kier molecular flexibility index (Phi) is 4.43. The lowest BCUT2D eigenvalue weighted by Gasteiger charge is -2.17. The van der Waals surface area contributed by atoms with Crippen molar-refractivity contribution in [1.82, 2.24) is 4.90 Å². The minimum Gasteiger partial charge on any atom is -0.480 e. The number of carbonyl (C=O) groups is 2. The quantitative estimate of drug-likeness (QED) is 0.788. The molecule has 0 aliphatic carbocycles. The number of rotatable bonds is 5. The lowest BCUT2D eigenvalue weighted by molar-refractivity contribution is -0.137. The van der Waals surface area contributed by atoms with Gasteiger partial charge in [-0.3, -0.25) is 9.59 Å². The van der Waals surface area contributed by atoms with Crippen molar-refractivity contribution in [2.75, 3.05) is 13.1 Å². The summed E-state index contributed by atoms with van der Waals surface area (Å²) in [4.78, 5) is 23.5. The van der Waals surface area contributed by atoms with Crippen LogP contribution in [0, 0.1) is 0 Å². The molecule has 0 unspecified atom stereocenters. The van der Waals surface area contributed by atoms with Crippen LogP contribution < -0.4 is 5.14 Å². The van der Waals surface area contributed by atoms with Gasteiger partial charge in [-0.15, -0.1) is 11.3 Å². The molecular formula is C9H12N2O5S2. The average molecular weight is 292 g/mol. The Morgan fingerprint density at radius 2 is 2.11 bits per heavy atom. The van der Waals surface area contributed by atoms with E-state index in [1.54, 1.807) is 6.92 Å². The fourth-order valence-electron chi connectivity index (χ4n) is 1.25. The van der Waals surface area contributed by atoms with Gasteiger partial charge in [0.1, 0.15) is 10.8 Å². The Bertz CT molecular complexity index is 563. The zero-order valence-electron chi connectivity index (χ0n) is 9.49. The summed E-state index contributed by atoms with van der Waals surface area (Å²) in [5, 5.41) is 14.9. The van der Waals surface area contributed by atoms with E-state index in [2.05, 4.69) is 0 Å². The highest BCUT2D eigenvalue weighted by molar-refractivity contribution is 7.91. The topological polar surface area (TPSA) is 118 Å². The van der Waals surface area contributed by atoms with Gasteiger partial charge < -0.3 is 10.0 Å². The van der Waals surface area contributed by atoms with Crippen LogP contribution in [0.4, 0.5) is 0 Å². The molecule has 0 aromatic carbocycles. The van der Waals surface area contributed by atoms with Gasteiger partial charge in [0.25, 0.3) is 5.91 Å². The summed E-state index contributed by atoms with van der Waals surface area (Å²) in [6.07, 6.45) is 0. The van der Waals surface area contributed by atoms with Gasteiger partial charge in [0.15, 0.2) is 0 Å². The smallest absolute Gasteiger partial charge is 0.323 e. The summed E-state index contributed by atoms with van der Waals surface area (Å²) in [7, 11) is -3.84. The Hall–Kier alpha value is -1.45. The van der Waals surface area contributed by atoms with Crippen LogP contribution >= 0.6 is 11.3 Å². The number of primary sulfonamides is 1. The van der Waals surface area contributed by atoms with Gasteiger partial charge in [-0.2, -0.15) is 0 Å². The molecule has 100 valence electrons. The predicted molar refractivity (Wildman–Crippen MR) is 64.9 cm³/mol. The molecule has 0 atom stereocenters. The number of carbonyl (C=O) groups excluding carboxylic acids is 1. The van der Waals surface area contributed by atoms with E-state index in [9.17, 15) is 18.0 Å². The summed E-state index contributed by atoms with van der Waals surface area (Å²) in [5.41, 5.74) is 0.118. The number of likely N-dealkylation sites (N-methyl/N-ethyl adjacent to an activating group) is 1. The molecular weight excluding hydrogens is 280 g/mol. The maximum atomic E-state index is 11.9. The molecule has 1 aromatic rings. The molecule has 0 saturated carbocycles. The third-order valence-corrected chi connectivity index (χ3v) is 4.48. The van der Waals surface area contributed by atoms with E-state index in [1.807, 2.05) is 0 Å². The third-order valence-electron chi connectivity index (χ3n) is 2.10. The van der Waals surface area contributed by atoms with Crippen molar-refractivity contribution in [3.8, 4) is 0 Å². The molecule has 0 aliphatic heterocycles. The SMILES string of the molecule is CCN(CC(=O)O)C(=O)c1csc(S(N)(=O)=O)c1. The molecule has 1 rings (SSSR count). The first-order valence-corrected chi connectivity index (χ1v) is 7.30. The number of hydrogen-bond donors (Lipinski definition) is 2. The van der Waals surface area contributed by atoms with Crippen molar-refractivity contribution < 1.29 is 23.1 Å². The van der Waals surface area contributed by atoms with Crippen LogP contribution in [0.15, 0.2) is 15.7 Å². The Morgan fingerprint density at radius 1 is 1.50 bits per heavy atom. The Morgan fingerprint density at radius 3 is 2.50 bits per heavy atom. The molecule has 18 heavy (non-hydrogen) atoms. The molecule has 0 saturated heterocycles. The molecule has 7 nitrogen and oxygen atoms in total. The molecule has 1 aromatic heterocycles. The summed E-state index contributed by atoms with van der Waals surface area (Å²) in [6, 6.07) is 1.15. The van der Waals surface area contributed by atoms with Crippen molar-refractivity contribution in [2.24, 2.45) is 5.14 Å². The standard InChI is InChI=1S/C9H12N2O5S2/c1-2-11(4-7(12)13)9(14)6-3-8(17-5-6)18(10,15)16/h3,5H,2,4H2,1H3,(H,12,13)(H2,10,15,16). The van der Waals surface area contributed by atoms with E-state index in [4.69, 9.17) is 10.2 Å². The van der Waals surface area contributed by atoms with E-state index in [1.165, 1.54) is 5.38 Å². The maximum Gasteiger partial charge on any atom is 0.323 e. The van der Waals surface area contributed by atoms with Crippen LogP contribution in [-0.4, -0.2) is 43.4 Å². The highest BCUT2D eigenvalue weighted by atomic mass is 32.2. The summed E-state index contributed by atoms with van der Waals surface area (Å²) in [5.74, 6) is -1.67. The second kappa shape index (κ2) is 5.46. The monoisotopic (exact) mass is 292 g/mol. The lowest BCUT2D eigenvalue weighted by atomic mass is 10.3. The van der Waals surface area contributed by atoms with Crippen molar-refractivity contribution in [3.05, 3.63) is 17.0 Å². The number of nitrogens with two attached hydrogens (primary N) is 1. The van der Waals surface area contributed by atoms with Crippen molar-refractivity contribution in [2.45, 2.75) is 11.1 Å². The maximum absolute atomic E-state index is 11.9. The molecule has 3 N–H and O–H groups in total. The highest BCUT2D eigenvalue weighted by Crippen LogP contribution is 2.20. The van der Waals surface area contributed by atoms with Gasteiger partial charge in [0.2, 0.25) is 10.0 Å². The molecule has 0 fully saturated rings. The molecule has 0 aliphatic rings. The number of carboxylic acids is 1. The van der Waals surface area contributed by atoms with Crippen molar-refractivity contribution in [3.63, 3.8) is 0 Å². The first-order valence-electron chi connectivity index (χ1n) is 4.88. The zero-order valence-corrected chi connectivity index (χ0v) is 11.1. The molecule has 0 radical (unpaired) electrons. The third kappa shape index (κ3) is 3.52. The minimum atomic E-state index is -3.84. The summed E-state index contributed by atoms with van der Waals surface area (Å²) < 4.78 is 22.0. The number of thiophene rings is 1. The fourth-order valence-corrected chi connectivity index (χ4v) is 2.83. The van der Waals surface area contributed by atoms with E-state index < -0.39 is 28.4 Å². The van der Waals surface area contributed by atoms with Gasteiger partial charge >= 0.3 is 5.97 Å². The van der Waals surface area contributed by atoms with Gasteiger partial charge in [-0.05, 0) is 13.0 Å². The molecule has 1 amide bonds. The van der Waals surface area contributed by atoms with Gasteiger partial charge in [0.05, 0.1) is 5.56 Å². The van der Waals surface area contributed by atoms with Crippen molar-refractivity contribution >= 4 is 33.2 Å². The lowest BCUT2D eigenvalue weighted by Crippen LogP contribution is -2.35. The van der Waals surface area contributed by atoms with Crippen LogP contribution in [0.3, 0.4) is 0 Å². The van der Waals surface area contributed by atoms with Crippen LogP contribution in [0.1, 0.15) is 17.3 Å².